The van der Waals surface area contributed by atoms with Crippen molar-refractivity contribution in [2.75, 3.05) is 31.4 Å². The second-order valence-electron chi connectivity index (χ2n) is 8.42. The molecule has 0 aliphatic rings. The average molecular weight is 496 g/mol. The monoisotopic (exact) mass is 495 g/mol. The van der Waals surface area contributed by atoms with Gasteiger partial charge < -0.3 is 20.2 Å². The molecular weight excluding hydrogens is 461 g/mol. The number of halogens is 2. The molecule has 0 unspecified atom stereocenters. The summed E-state index contributed by atoms with van der Waals surface area (Å²) in [4.78, 5) is 0. The largest absolute Gasteiger partial charge is 0.494 e. The summed E-state index contributed by atoms with van der Waals surface area (Å²) in [6.07, 6.45) is 3.09. The number of hydrogen-bond donors (Lipinski definition) is 2. The highest BCUT2D eigenvalue weighted by Crippen LogP contribution is 2.34. The van der Waals surface area contributed by atoms with Crippen LogP contribution in [0.5, 0.6) is 11.5 Å². The smallest absolute Gasteiger partial charge is 0.122 e. The molecular formula is C25H35ClFN3O2S. The molecule has 33 heavy (non-hydrogen) atoms. The Morgan fingerprint density at radius 1 is 1.09 bits per heavy atom. The van der Waals surface area contributed by atoms with E-state index in [2.05, 4.69) is 45.0 Å². The van der Waals surface area contributed by atoms with E-state index in [0.29, 0.717) is 31.3 Å². The maximum atomic E-state index is 12.2. The molecule has 2 aromatic carbocycles. The average Bonchev–Trinajstić information content (AvgIpc) is 2.78. The second kappa shape index (κ2) is 13.6. The van der Waals surface area contributed by atoms with Gasteiger partial charge in [0.1, 0.15) is 11.5 Å². The van der Waals surface area contributed by atoms with E-state index in [1.807, 2.05) is 18.2 Å². The number of nitrogens with zero attached hydrogens (tertiary/aromatic N) is 1. The molecule has 2 aromatic rings. The lowest BCUT2D eigenvalue weighted by Gasteiger charge is -2.27. The zero-order chi connectivity index (χ0) is 24.3. The molecule has 0 saturated carbocycles. The Hall–Kier alpha value is -2.09. The predicted octanol–water partition coefficient (Wildman–Crippen LogP) is 5.69. The summed E-state index contributed by atoms with van der Waals surface area (Å²) in [5.41, 5.74) is 9.42. The minimum Gasteiger partial charge on any atom is -0.494 e. The molecule has 0 aliphatic heterocycles. The van der Waals surface area contributed by atoms with Crippen LogP contribution in [0, 0.1) is 6.92 Å². The summed E-state index contributed by atoms with van der Waals surface area (Å²) >= 11 is 5.91. The third kappa shape index (κ3) is 8.65. The Kier molecular flexibility index (Phi) is 11.2. The van der Waals surface area contributed by atoms with Crippen LogP contribution in [0.15, 0.2) is 54.4 Å². The van der Waals surface area contributed by atoms with Gasteiger partial charge >= 0.3 is 0 Å². The minimum absolute atomic E-state index is 0.110. The Morgan fingerprint density at radius 2 is 1.76 bits per heavy atom. The van der Waals surface area contributed by atoms with E-state index in [9.17, 15) is 3.89 Å². The van der Waals surface area contributed by atoms with Crippen LogP contribution in [0.3, 0.4) is 0 Å². The van der Waals surface area contributed by atoms with E-state index in [0.717, 1.165) is 29.9 Å². The zero-order valence-corrected chi connectivity index (χ0v) is 21.2. The Morgan fingerprint density at radius 3 is 2.39 bits per heavy atom. The van der Waals surface area contributed by atoms with Crippen molar-refractivity contribution in [3.63, 3.8) is 0 Å². The summed E-state index contributed by atoms with van der Waals surface area (Å²) in [6.45, 7) is 8.20. The van der Waals surface area contributed by atoms with Gasteiger partial charge in [-0.2, -0.15) is 3.89 Å². The Balaban J connectivity index is 1.91. The fourth-order valence-corrected chi connectivity index (χ4v) is 3.70. The third-order valence-corrected chi connectivity index (χ3v) is 6.10. The predicted molar refractivity (Wildman–Crippen MR) is 137 cm³/mol. The van der Waals surface area contributed by atoms with E-state index >= 15 is 0 Å². The van der Waals surface area contributed by atoms with Gasteiger partial charge in [0.15, 0.2) is 0 Å². The molecule has 0 atom stereocenters. The van der Waals surface area contributed by atoms with Gasteiger partial charge in [0.05, 0.1) is 31.1 Å². The lowest BCUT2D eigenvalue weighted by molar-refractivity contribution is 0.278. The molecule has 0 aromatic heterocycles. The fraction of sp³-hybridized carbons (Fsp3) is 0.440. The number of alkyl halides is 1. The maximum absolute atomic E-state index is 12.2. The molecule has 0 saturated heterocycles. The van der Waals surface area contributed by atoms with Gasteiger partial charge in [-0.15, -0.1) is 11.6 Å². The molecule has 5 nitrogen and oxygen atoms in total. The molecule has 0 heterocycles. The lowest BCUT2D eigenvalue weighted by atomic mass is 9.77. The maximum Gasteiger partial charge on any atom is 0.122 e. The van der Waals surface area contributed by atoms with E-state index in [-0.39, 0.29) is 23.3 Å². The summed E-state index contributed by atoms with van der Waals surface area (Å²) in [6, 6.07) is 14.5. The van der Waals surface area contributed by atoms with Crippen molar-refractivity contribution in [1.82, 2.24) is 5.01 Å². The van der Waals surface area contributed by atoms with Gasteiger partial charge in [0.25, 0.3) is 0 Å². The summed E-state index contributed by atoms with van der Waals surface area (Å²) in [5.74, 6) is 8.25. The van der Waals surface area contributed by atoms with E-state index in [4.69, 9.17) is 32.7 Å². The number of hydrazine groups is 1. The van der Waals surface area contributed by atoms with Crippen molar-refractivity contribution in [2.24, 2.45) is 11.6 Å². The molecule has 4 N–H and O–H groups in total. The molecule has 0 bridgehead atoms. The Labute approximate surface area is 206 Å². The molecule has 0 spiro atoms. The van der Waals surface area contributed by atoms with Crippen molar-refractivity contribution < 1.29 is 13.4 Å². The second-order valence-corrected chi connectivity index (χ2v) is 9.30. The first-order valence-corrected chi connectivity index (χ1v) is 12.4. The van der Waals surface area contributed by atoms with Crippen LogP contribution in [0.1, 0.15) is 43.4 Å². The van der Waals surface area contributed by atoms with E-state index in [1.54, 1.807) is 6.20 Å². The summed E-state index contributed by atoms with van der Waals surface area (Å²) in [7, 11) is 0. The van der Waals surface area contributed by atoms with Crippen molar-refractivity contribution in [1.29, 1.82) is 0 Å². The molecule has 2 rings (SSSR count). The van der Waals surface area contributed by atoms with Crippen LogP contribution in [0.25, 0.3) is 0 Å². The van der Waals surface area contributed by atoms with Crippen LogP contribution >= 0.6 is 23.7 Å². The first kappa shape index (κ1) is 27.2. The topological polar surface area (TPSA) is 73.7 Å². The van der Waals surface area contributed by atoms with Gasteiger partial charge in [0.2, 0.25) is 0 Å². The van der Waals surface area contributed by atoms with Gasteiger partial charge in [-0.05, 0) is 48.2 Å². The van der Waals surface area contributed by atoms with Crippen LogP contribution in [-0.2, 0) is 5.41 Å². The normalized spacial score (nSPS) is 12.0. The molecule has 0 radical (unpaired) electrons. The number of ether oxygens (including phenoxy) is 2. The minimum atomic E-state index is -0.165. The number of benzene rings is 2. The molecule has 182 valence electrons. The van der Waals surface area contributed by atoms with E-state index in [1.165, 1.54) is 16.1 Å². The van der Waals surface area contributed by atoms with Gasteiger partial charge in [-0.1, -0.05) is 38.1 Å². The third-order valence-electron chi connectivity index (χ3n) is 5.39. The number of hydrogen-bond acceptors (Lipinski definition) is 6. The first-order valence-electron chi connectivity index (χ1n) is 11.0. The van der Waals surface area contributed by atoms with Crippen molar-refractivity contribution in [3.8, 4) is 11.5 Å². The number of aryl methyl sites for hydroxylation is 1. The number of rotatable bonds is 14. The van der Waals surface area contributed by atoms with Gasteiger partial charge in [0, 0.05) is 36.2 Å². The Bertz CT molecular complexity index is 894. The summed E-state index contributed by atoms with van der Waals surface area (Å²) < 4.78 is 23.8. The molecule has 8 heteroatoms. The highest BCUT2D eigenvalue weighted by molar-refractivity contribution is 7.94. The van der Waals surface area contributed by atoms with Crippen LogP contribution in [-0.4, -0.2) is 36.4 Å². The quantitative estimate of drug-likeness (QED) is 0.152. The first-order chi connectivity index (χ1) is 15.8. The highest BCUT2D eigenvalue weighted by atomic mass is 35.5. The standard InChI is InChI=1S/C25H35ClFN3O2S/c1-19-16-21(8-11-24(19)32-14-4-12-26)25(2,3)20-6-9-23(10-7-20)31-15-5-13-30(29)17-22(28)18-33-27/h6-11,16-17H,4-5,12-15,18,28-29H2,1-3H3/b22-17-. The van der Waals surface area contributed by atoms with Crippen LogP contribution in [0.4, 0.5) is 3.89 Å². The fourth-order valence-electron chi connectivity index (χ4n) is 3.39. The van der Waals surface area contributed by atoms with Crippen molar-refractivity contribution in [3.05, 3.63) is 71.1 Å². The SMILES string of the molecule is Cc1cc(C(C)(C)c2ccc(OCCCN(N)/C=C(\N)CSF)cc2)ccc1OCCCCl. The van der Waals surface area contributed by atoms with Crippen molar-refractivity contribution in [2.45, 2.75) is 39.0 Å². The number of nitrogens with two attached hydrogens (primary N) is 2. The van der Waals surface area contributed by atoms with E-state index < -0.39 is 0 Å². The summed E-state index contributed by atoms with van der Waals surface area (Å²) in [5, 5.41) is 1.46. The van der Waals surface area contributed by atoms with Crippen LogP contribution < -0.4 is 21.1 Å². The lowest BCUT2D eigenvalue weighted by Crippen LogP contribution is -2.28. The van der Waals surface area contributed by atoms with Gasteiger partial charge in [-0.25, -0.2) is 5.84 Å². The molecule has 0 aliphatic carbocycles. The highest BCUT2D eigenvalue weighted by Gasteiger charge is 2.24. The van der Waals surface area contributed by atoms with Crippen LogP contribution in [0.2, 0.25) is 0 Å². The molecule has 0 amide bonds. The van der Waals surface area contributed by atoms with Gasteiger partial charge in [-0.3, -0.25) is 0 Å². The molecule has 0 fully saturated rings. The zero-order valence-electron chi connectivity index (χ0n) is 19.7. The van der Waals surface area contributed by atoms with Crippen molar-refractivity contribution >= 4 is 23.7 Å².